The molecule has 5 heteroatoms. The molecular formula is C13H19Cl2NO2. The molecule has 3 nitrogen and oxygen atoms in total. The van der Waals surface area contributed by atoms with Gasteiger partial charge in [-0.15, -0.1) is 0 Å². The molecule has 0 saturated carbocycles. The van der Waals surface area contributed by atoms with Gasteiger partial charge in [-0.2, -0.15) is 0 Å². The third-order valence-corrected chi connectivity index (χ3v) is 3.14. The highest BCUT2D eigenvalue weighted by Gasteiger charge is 2.08. The number of rotatable bonds is 8. The van der Waals surface area contributed by atoms with Crippen LogP contribution in [-0.4, -0.2) is 31.5 Å². The molecule has 18 heavy (non-hydrogen) atoms. The van der Waals surface area contributed by atoms with Gasteiger partial charge in [-0.1, -0.05) is 29.3 Å². The standard InChI is InChI=1S/C13H19Cl2NO2/c1-10(16-5-2-7-18-8-6-17)12-4-3-11(14)9-13(12)15/h3-4,9-10,16-17H,2,5-8H2,1H3. The Kier molecular flexibility index (Phi) is 7.63. The fraction of sp³-hybridized carbons (Fsp3) is 0.538. The Morgan fingerprint density at radius 3 is 2.78 bits per heavy atom. The third-order valence-electron chi connectivity index (χ3n) is 2.58. The second kappa shape index (κ2) is 8.73. The minimum absolute atomic E-state index is 0.0736. The molecule has 1 aromatic rings. The van der Waals surface area contributed by atoms with Crippen LogP contribution in [0.15, 0.2) is 18.2 Å². The highest BCUT2D eigenvalue weighted by atomic mass is 35.5. The van der Waals surface area contributed by atoms with Crippen LogP contribution in [0.25, 0.3) is 0 Å². The lowest BCUT2D eigenvalue weighted by molar-refractivity contribution is 0.0904. The monoisotopic (exact) mass is 291 g/mol. The maximum atomic E-state index is 8.55. The molecular weight excluding hydrogens is 273 g/mol. The molecule has 0 aliphatic carbocycles. The van der Waals surface area contributed by atoms with Crippen molar-refractivity contribution in [2.45, 2.75) is 19.4 Å². The molecule has 0 amide bonds. The van der Waals surface area contributed by atoms with E-state index in [1.807, 2.05) is 12.1 Å². The Balaban J connectivity index is 2.29. The predicted molar refractivity (Wildman–Crippen MR) is 75.4 cm³/mol. The van der Waals surface area contributed by atoms with Crippen LogP contribution in [0.3, 0.4) is 0 Å². The SMILES string of the molecule is CC(NCCCOCCO)c1ccc(Cl)cc1Cl. The van der Waals surface area contributed by atoms with Gasteiger partial charge in [-0.3, -0.25) is 0 Å². The Bertz CT molecular complexity index is 361. The molecule has 0 fully saturated rings. The van der Waals surface area contributed by atoms with Gasteiger partial charge in [0.1, 0.15) is 0 Å². The van der Waals surface area contributed by atoms with E-state index < -0.39 is 0 Å². The van der Waals surface area contributed by atoms with Crippen LogP contribution in [0.4, 0.5) is 0 Å². The fourth-order valence-electron chi connectivity index (χ4n) is 1.62. The molecule has 1 unspecified atom stereocenters. The van der Waals surface area contributed by atoms with Crippen LogP contribution in [0.1, 0.15) is 24.9 Å². The van der Waals surface area contributed by atoms with Crippen molar-refractivity contribution in [3.05, 3.63) is 33.8 Å². The Hall–Kier alpha value is -0.320. The first-order chi connectivity index (χ1) is 8.65. The van der Waals surface area contributed by atoms with Crippen LogP contribution < -0.4 is 5.32 Å². The van der Waals surface area contributed by atoms with Crippen LogP contribution in [-0.2, 0) is 4.74 Å². The molecule has 1 aromatic carbocycles. The van der Waals surface area contributed by atoms with Crippen molar-refractivity contribution in [3.63, 3.8) is 0 Å². The minimum atomic E-state index is 0.0736. The second-order valence-electron chi connectivity index (χ2n) is 4.03. The van der Waals surface area contributed by atoms with E-state index in [4.69, 9.17) is 33.0 Å². The third kappa shape index (κ3) is 5.55. The van der Waals surface area contributed by atoms with Gasteiger partial charge in [0, 0.05) is 22.7 Å². The number of hydrogen-bond donors (Lipinski definition) is 2. The first-order valence-electron chi connectivity index (χ1n) is 6.02. The topological polar surface area (TPSA) is 41.5 Å². The van der Waals surface area contributed by atoms with E-state index in [0.717, 1.165) is 18.5 Å². The van der Waals surface area contributed by atoms with E-state index in [1.165, 1.54) is 0 Å². The highest BCUT2D eigenvalue weighted by Crippen LogP contribution is 2.25. The van der Waals surface area contributed by atoms with Crippen LogP contribution in [0.2, 0.25) is 10.0 Å². The summed E-state index contributed by atoms with van der Waals surface area (Å²) in [4.78, 5) is 0. The summed E-state index contributed by atoms with van der Waals surface area (Å²) in [5.41, 5.74) is 1.04. The summed E-state index contributed by atoms with van der Waals surface area (Å²) < 4.78 is 5.18. The van der Waals surface area contributed by atoms with Gasteiger partial charge in [0.05, 0.1) is 13.2 Å². The smallest absolute Gasteiger partial charge is 0.0697 e. The zero-order valence-electron chi connectivity index (χ0n) is 10.5. The summed E-state index contributed by atoms with van der Waals surface area (Å²) in [7, 11) is 0. The summed E-state index contributed by atoms with van der Waals surface area (Å²) in [6.45, 7) is 4.02. The van der Waals surface area contributed by atoms with Gasteiger partial charge in [0.2, 0.25) is 0 Å². The number of ether oxygens (including phenoxy) is 1. The average Bonchev–Trinajstić information content (AvgIpc) is 2.33. The highest BCUT2D eigenvalue weighted by molar-refractivity contribution is 6.35. The quantitative estimate of drug-likeness (QED) is 0.724. The average molecular weight is 292 g/mol. The lowest BCUT2D eigenvalue weighted by Gasteiger charge is -2.15. The molecule has 1 atom stereocenters. The van der Waals surface area contributed by atoms with Crippen molar-refractivity contribution >= 4 is 23.2 Å². The molecule has 0 aromatic heterocycles. The Labute approximate surface area is 118 Å². The molecule has 0 heterocycles. The summed E-state index contributed by atoms with van der Waals surface area (Å²) in [5.74, 6) is 0. The van der Waals surface area contributed by atoms with E-state index in [9.17, 15) is 0 Å². The number of hydrogen-bond acceptors (Lipinski definition) is 3. The van der Waals surface area contributed by atoms with Crippen molar-refractivity contribution in [2.75, 3.05) is 26.4 Å². The summed E-state index contributed by atoms with van der Waals surface area (Å²) in [6, 6.07) is 5.70. The number of aliphatic hydroxyl groups is 1. The lowest BCUT2D eigenvalue weighted by atomic mass is 10.1. The van der Waals surface area contributed by atoms with Crippen molar-refractivity contribution in [2.24, 2.45) is 0 Å². The fourth-order valence-corrected chi connectivity index (χ4v) is 2.19. The van der Waals surface area contributed by atoms with Gasteiger partial charge in [0.25, 0.3) is 0 Å². The molecule has 2 N–H and O–H groups in total. The number of halogens is 2. The maximum Gasteiger partial charge on any atom is 0.0697 e. The molecule has 1 rings (SSSR count). The lowest BCUT2D eigenvalue weighted by Crippen LogP contribution is -2.21. The summed E-state index contributed by atoms with van der Waals surface area (Å²) in [5, 5.41) is 13.2. The number of benzene rings is 1. The first kappa shape index (κ1) is 15.7. The van der Waals surface area contributed by atoms with Crippen LogP contribution in [0.5, 0.6) is 0 Å². The van der Waals surface area contributed by atoms with E-state index >= 15 is 0 Å². The van der Waals surface area contributed by atoms with Gasteiger partial charge < -0.3 is 15.2 Å². The van der Waals surface area contributed by atoms with Crippen molar-refractivity contribution in [3.8, 4) is 0 Å². The van der Waals surface area contributed by atoms with E-state index in [-0.39, 0.29) is 12.6 Å². The maximum absolute atomic E-state index is 8.55. The van der Waals surface area contributed by atoms with Gasteiger partial charge in [0.15, 0.2) is 0 Å². The molecule has 0 aliphatic heterocycles. The first-order valence-corrected chi connectivity index (χ1v) is 6.77. The largest absolute Gasteiger partial charge is 0.394 e. The van der Waals surface area contributed by atoms with E-state index in [1.54, 1.807) is 6.07 Å². The van der Waals surface area contributed by atoms with Crippen molar-refractivity contribution in [1.29, 1.82) is 0 Å². The molecule has 0 bridgehead atoms. The Morgan fingerprint density at radius 2 is 2.11 bits per heavy atom. The summed E-state index contributed by atoms with van der Waals surface area (Å²) >= 11 is 12.0. The molecule has 0 radical (unpaired) electrons. The van der Waals surface area contributed by atoms with Crippen LogP contribution >= 0.6 is 23.2 Å². The van der Waals surface area contributed by atoms with Gasteiger partial charge in [-0.25, -0.2) is 0 Å². The molecule has 0 spiro atoms. The number of nitrogens with one attached hydrogen (secondary N) is 1. The Morgan fingerprint density at radius 1 is 1.33 bits per heavy atom. The van der Waals surface area contributed by atoms with Gasteiger partial charge >= 0.3 is 0 Å². The zero-order valence-corrected chi connectivity index (χ0v) is 12.0. The van der Waals surface area contributed by atoms with Crippen LogP contribution in [0, 0.1) is 0 Å². The minimum Gasteiger partial charge on any atom is -0.394 e. The van der Waals surface area contributed by atoms with E-state index in [0.29, 0.717) is 23.3 Å². The molecule has 102 valence electrons. The molecule has 0 saturated heterocycles. The molecule has 0 aliphatic rings. The second-order valence-corrected chi connectivity index (χ2v) is 4.87. The van der Waals surface area contributed by atoms with Crippen molar-refractivity contribution in [1.82, 2.24) is 5.32 Å². The van der Waals surface area contributed by atoms with Crippen molar-refractivity contribution < 1.29 is 9.84 Å². The normalized spacial score (nSPS) is 12.7. The number of aliphatic hydroxyl groups excluding tert-OH is 1. The summed E-state index contributed by atoms with van der Waals surface area (Å²) in [6.07, 6.45) is 0.898. The predicted octanol–water partition coefficient (Wildman–Crippen LogP) is 3.04. The van der Waals surface area contributed by atoms with Gasteiger partial charge in [-0.05, 0) is 37.6 Å². The zero-order chi connectivity index (χ0) is 13.4. The van der Waals surface area contributed by atoms with E-state index in [2.05, 4.69) is 12.2 Å².